The number of thiazole rings is 1. The summed E-state index contributed by atoms with van der Waals surface area (Å²) in [6.45, 7) is 1.63. The van der Waals surface area contributed by atoms with E-state index in [1.807, 2.05) is 16.5 Å². The summed E-state index contributed by atoms with van der Waals surface area (Å²) in [5.41, 5.74) is 1.02. The Morgan fingerprint density at radius 2 is 2.43 bits per heavy atom. The lowest BCUT2D eigenvalue weighted by Gasteiger charge is -2.34. The molecule has 0 N–H and O–H groups in total. The normalized spacial score (nSPS) is 32.1. The van der Waals surface area contributed by atoms with E-state index in [0.717, 1.165) is 55.8 Å². The SMILES string of the molecule is O=C(C1=CCCC1)N1CC[C@@H]2C[C@H](c3nccs3)O[C@H]2C1. The van der Waals surface area contributed by atoms with Crippen molar-refractivity contribution in [1.29, 1.82) is 0 Å². The van der Waals surface area contributed by atoms with Gasteiger partial charge in [0.05, 0.1) is 6.10 Å². The number of carbonyl (C=O) groups is 1. The summed E-state index contributed by atoms with van der Waals surface area (Å²) in [6.07, 6.45) is 9.54. The lowest BCUT2D eigenvalue weighted by Crippen LogP contribution is -2.45. The molecule has 1 amide bonds. The van der Waals surface area contributed by atoms with Crippen molar-refractivity contribution in [2.24, 2.45) is 5.92 Å². The topological polar surface area (TPSA) is 42.4 Å². The number of fused-ring (bicyclic) bond motifs is 1. The predicted molar refractivity (Wildman–Crippen MR) is 81.0 cm³/mol. The Labute approximate surface area is 128 Å². The second-order valence-corrected chi connectivity index (χ2v) is 7.12. The van der Waals surface area contributed by atoms with Crippen molar-refractivity contribution in [2.75, 3.05) is 13.1 Å². The first-order valence-electron chi connectivity index (χ1n) is 7.84. The van der Waals surface area contributed by atoms with Gasteiger partial charge in [-0.3, -0.25) is 4.79 Å². The van der Waals surface area contributed by atoms with Crippen molar-refractivity contribution in [3.8, 4) is 0 Å². The highest BCUT2D eigenvalue weighted by molar-refractivity contribution is 7.09. The molecule has 0 radical (unpaired) electrons. The molecule has 1 aliphatic carbocycles. The Balaban J connectivity index is 1.42. The van der Waals surface area contributed by atoms with Crippen LogP contribution in [0.5, 0.6) is 0 Å². The van der Waals surface area contributed by atoms with Crippen molar-refractivity contribution >= 4 is 17.2 Å². The molecule has 112 valence electrons. The lowest BCUT2D eigenvalue weighted by atomic mass is 9.91. The van der Waals surface area contributed by atoms with Gasteiger partial charge in [0.1, 0.15) is 11.1 Å². The van der Waals surface area contributed by atoms with Crippen molar-refractivity contribution in [2.45, 2.75) is 44.3 Å². The molecule has 0 aromatic carbocycles. The molecule has 5 heteroatoms. The Kier molecular flexibility index (Phi) is 3.55. The highest BCUT2D eigenvalue weighted by Gasteiger charge is 2.41. The number of amides is 1. The minimum absolute atomic E-state index is 0.140. The number of rotatable bonds is 2. The third-order valence-electron chi connectivity index (χ3n) is 4.88. The zero-order valence-electron chi connectivity index (χ0n) is 12.0. The van der Waals surface area contributed by atoms with Crippen LogP contribution in [-0.2, 0) is 9.53 Å². The van der Waals surface area contributed by atoms with Crippen LogP contribution in [0, 0.1) is 5.92 Å². The van der Waals surface area contributed by atoms with E-state index in [9.17, 15) is 4.79 Å². The first kappa shape index (κ1) is 13.5. The molecule has 2 fully saturated rings. The van der Waals surface area contributed by atoms with Crippen LogP contribution in [0.3, 0.4) is 0 Å². The molecular weight excluding hydrogens is 284 g/mol. The van der Waals surface area contributed by atoms with Gasteiger partial charge in [0.2, 0.25) is 5.91 Å². The van der Waals surface area contributed by atoms with Crippen LogP contribution < -0.4 is 0 Å². The van der Waals surface area contributed by atoms with Gasteiger partial charge >= 0.3 is 0 Å². The standard InChI is InChI=1S/C16H20N2O2S/c19-16(11-3-1-2-4-11)18-7-5-12-9-13(20-14(12)10-18)15-17-6-8-21-15/h3,6,8,12-14H,1-2,4-5,7,9-10H2/t12-,13-,14+/m1/s1. The van der Waals surface area contributed by atoms with Crippen LogP contribution >= 0.6 is 11.3 Å². The third kappa shape index (κ3) is 2.53. The molecule has 0 saturated carbocycles. The van der Waals surface area contributed by atoms with Gasteiger partial charge in [-0.25, -0.2) is 4.98 Å². The second kappa shape index (κ2) is 5.54. The summed E-state index contributed by atoms with van der Waals surface area (Å²) in [5, 5.41) is 3.09. The van der Waals surface area contributed by atoms with E-state index in [4.69, 9.17) is 4.74 Å². The summed E-state index contributed by atoms with van der Waals surface area (Å²) < 4.78 is 6.19. The molecule has 3 aliphatic rings. The largest absolute Gasteiger partial charge is 0.366 e. The van der Waals surface area contributed by atoms with Crippen molar-refractivity contribution in [3.63, 3.8) is 0 Å². The maximum absolute atomic E-state index is 12.5. The number of aromatic nitrogens is 1. The third-order valence-corrected chi connectivity index (χ3v) is 5.75. The molecule has 2 saturated heterocycles. The number of hydrogen-bond acceptors (Lipinski definition) is 4. The fraction of sp³-hybridized carbons (Fsp3) is 0.625. The number of ether oxygens (including phenoxy) is 1. The minimum Gasteiger partial charge on any atom is -0.366 e. The number of carbonyl (C=O) groups excluding carboxylic acids is 1. The van der Waals surface area contributed by atoms with Crippen LogP contribution in [0.25, 0.3) is 0 Å². The Morgan fingerprint density at radius 3 is 3.19 bits per heavy atom. The summed E-state index contributed by atoms with van der Waals surface area (Å²) in [5.74, 6) is 0.827. The van der Waals surface area contributed by atoms with Crippen molar-refractivity contribution in [1.82, 2.24) is 9.88 Å². The van der Waals surface area contributed by atoms with Gasteiger partial charge in [-0.1, -0.05) is 6.08 Å². The summed E-state index contributed by atoms with van der Waals surface area (Å²) in [4.78, 5) is 18.9. The van der Waals surface area contributed by atoms with Gasteiger partial charge in [0, 0.05) is 30.2 Å². The van der Waals surface area contributed by atoms with Crippen LogP contribution in [0.4, 0.5) is 0 Å². The van der Waals surface area contributed by atoms with Crippen molar-refractivity contribution in [3.05, 3.63) is 28.2 Å². The summed E-state index contributed by atoms with van der Waals surface area (Å²) >= 11 is 1.67. The summed E-state index contributed by atoms with van der Waals surface area (Å²) in [6, 6.07) is 0. The van der Waals surface area contributed by atoms with Crippen LogP contribution in [-0.4, -0.2) is 35.0 Å². The lowest BCUT2D eigenvalue weighted by molar-refractivity contribution is -0.131. The van der Waals surface area contributed by atoms with E-state index < -0.39 is 0 Å². The number of likely N-dealkylation sites (tertiary alicyclic amines) is 1. The number of allylic oxidation sites excluding steroid dienone is 1. The van der Waals surface area contributed by atoms with E-state index >= 15 is 0 Å². The maximum atomic E-state index is 12.5. The molecule has 1 aromatic heterocycles. The second-order valence-electron chi connectivity index (χ2n) is 6.19. The number of nitrogens with zero attached hydrogens (tertiary/aromatic N) is 2. The first-order valence-corrected chi connectivity index (χ1v) is 8.72. The van der Waals surface area contributed by atoms with E-state index in [-0.39, 0.29) is 18.1 Å². The molecule has 3 heterocycles. The molecule has 4 nitrogen and oxygen atoms in total. The van der Waals surface area contributed by atoms with E-state index in [2.05, 4.69) is 11.1 Å². The van der Waals surface area contributed by atoms with Crippen LogP contribution in [0.2, 0.25) is 0 Å². The van der Waals surface area contributed by atoms with Gasteiger partial charge in [-0.05, 0) is 38.0 Å². The molecular formula is C16H20N2O2S. The van der Waals surface area contributed by atoms with Gasteiger partial charge in [-0.2, -0.15) is 0 Å². The molecule has 0 spiro atoms. The Morgan fingerprint density at radius 1 is 1.48 bits per heavy atom. The van der Waals surface area contributed by atoms with Crippen LogP contribution in [0.1, 0.15) is 43.2 Å². The minimum atomic E-state index is 0.140. The molecule has 3 atom stereocenters. The fourth-order valence-corrected chi connectivity index (χ4v) is 4.42. The maximum Gasteiger partial charge on any atom is 0.249 e. The molecule has 4 rings (SSSR count). The highest BCUT2D eigenvalue weighted by atomic mass is 32.1. The Hall–Kier alpha value is -1.20. The molecule has 2 aliphatic heterocycles. The highest BCUT2D eigenvalue weighted by Crippen LogP contribution is 2.41. The van der Waals surface area contributed by atoms with Gasteiger partial charge in [-0.15, -0.1) is 11.3 Å². The van der Waals surface area contributed by atoms with Crippen molar-refractivity contribution < 1.29 is 9.53 Å². The Bertz CT molecular complexity index is 555. The van der Waals surface area contributed by atoms with Gasteiger partial charge < -0.3 is 9.64 Å². The van der Waals surface area contributed by atoms with Gasteiger partial charge in [0.15, 0.2) is 0 Å². The predicted octanol–water partition coefficient (Wildman–Crippen LogP) is 2.93. The zero-order chi connectivity index (χ0) is 14.2. The average molecular weight is 304 g/mol. The molecule has 0 unspecified atom stereocenters. The summed E-state index contributed by atoms with van der Waals surface area (Å²) in [7, 11) is 0. The number of hydrogen-bond donors (Lipinski definition) is 0. The van der Waals surface area contributed by atoms with Gasteiger partial charge in [0.25, 0.3) is 0 Å². The first-order chi connectivity index (χ1) is 10.3. The number of piperidine rings is 1. The van der Waals surface area contributed by atoms with Crippen LogP contribution in [0.15, 0.2) is 23.2 Å². The fourth-order valence-electron chi connectivity index (χ4n) is 3.74. The van der Waals surface area contributed by atoms with E-state index in [1.165, 1.54) is 0 Å². The smallest absolute Gasteiger partial charge is 0.249 e. The average Bonchev–Trinajstić information content (AvgIpc) is 3.24. The zero-order valence-corrected chi connectivity index (χ0v) is 12.8. The molecule has 21 heavy (non-hydrogen) atoms. The van der Waals surface area contributed by atoms with E-state index in [1.54, 1.807) is 11.3 Å². The molecule has 0 bridgehead atoms. The molecule has 1 aromatic rings. The van der Waals surface area contributed by atoms with E-state index in [0.29, 0.717) is 5.92 Å². The monoisotopic (exact) mass is 304 g/mol. The quantitative estimate of drug-likeness (QED) is 0.843.